The number of alkyl halides is 3. The first-order valence-corrected chi connectivity index (χ1v) is 9.79. The lowest BCUT2D eigenvalue weighted by atomic mass is 10.2. The van der Waals surface area contributed by atoms with E-state index >= 15 is 0 Å². The quantitative estimate of drug-likeness (QED) is 0.513. The second-order valence-corrected chi connectivity index (χ2v) is 7.45. The van der Waals surface area contributed by atoms with Crippen molar-refractivity contribution in [2.75, 3.05) is 5.32 Å². The fourth-order valence-corrected chi connectivity index (χ4v) is 3.20. The Balaban J connectivity index is 1.67. The first-order valence-electron chi connectivity index (χ1n) is 9.41. The number of halogens is 4. The molecule has 0 saturated heterocycles. The van der Waals surface area contributed by atoms with Gasteiger partial charge in [-0.1, -0.05) is 11.6 Å². The molecule has 3 rings (SSSR count). The Morgan fingerprint density at radius 3 is 2.62 bits per heavy atom. The van der Waals surface area contributed by atoms with Gasteiger partial charge >= 0.3 is 12.1 Å². The van der Waals surface area contributed by atoms with E-state index in [0.29, 0.717) is 30.3 Å². The molecule has 0 aliphatic carbocycles. The monoisotopic (exact) mass is 469 g/mol. The van der Waals surface area contributed by atoms with Gasteiger partial charge in [0.05, 0.1) is 29.0 Å². The maximum Gasteiger partial charge on any atom is 0.417 e. The highest BCUT2D eigenvalue weighted by Crippen LogP contribution is 2.32. The molecule has 1 N–H and O–H groups in total. The van der Waals surface area contributed by atoms with Gasteiger partial charge in [0, 0.05) is 17.6 Å². The van der Waals surface area contributed by atoms with E-state index in [4.69, 9.17) is 20.8 Å². The van der Waals surface area contributed by atoms with E-state index in [1.165, 1.54) is 6.92 Å². The van der Waals surface area contributed by atoms with Crippen molar-refractivity contribution in [2.45, 2.75) is 39.6 Å². The summed E-state index contributed by atoms with van der Waals surface area (Å²) in [6.45, 7) is 5.31. The number of aryl methyl sites for hydroxylation is 1. The number of carbonyl (C=O) groups is 2. The SMILES string of the molecule is Cc1cc(C(=O)O[C@@H](C)C(=O)Nc2ncc(C(F)(F)F)cc2Cl)c(C)n1Cc1ccco1. The Labute approximate surface area is 186 Å². The highest BCUT2D eigenvalue weighted by atomic mass is 35.5. The normalized spacial score (nSPS) is 12.5. The molecule has 0 unspecified atom stereocenters. The average molecular weight is 470 g/mol. The second kappa shape index (κ2) is 9.07. The number of aromatic nitrogens is 2. The summed E-state index contributed by atoms with van der Waals surface area (Å²) in [6.07, 6.45) is -3.77. The minimum absolute atomic E-state index is 0.274. The van der Waals surface area contributed by atoms with Crippen LogP contribution in [0.5, 0.6) is 0 Å². The molecule has 1 amide bonds. The number of amides is 1. The van der Waals surface area contributed by atoms with Crippen LogP contribution in [0.25, 0.3) is 0 Å². The lowest BCUT2D eigenvalue weighted by Gasteiger charge is -2.15. The number of anilines is 1. The Morgan fingerprint density at radius 1 is 1.31 bits per heavy atom. The van der Waals surface area contributed by atoms with Crippen LogP contribution < -0.4 is 5.32 Å². The third-order valence-corrected chi connectivity index (χ3v) is 5.04. The van der Waals surface area contributed by atoms with Crippen molar-refractivity contribution in [1.82, 2.24) is 9.55 Å². The number of nitrogens with zero attached hydrogens (tertiary/aromatic N) is 2. The molecule has 0 radical (unpaired) electrons. The van der Waals surface area contributed by atoms with Gasteiger partial charge in [-0.15, -0.1) is 0 Å². The van der Waals surface area contributed by atoms with E-state index < -0.39 is 34.7 Å². The van der Waals surface area contributed by atoms with Crippen molar-refractivity contribution in [1.29, 1.82) is 0 Å². The molecule has 1 atom stereocenters. The summed E-state index contributed by atoms with van der Waals surface area (Å²) in [6, 6.07) is 5.86. The summed E-state index contributed by atoms with van der Waals surface area (Å²) in [5.41, 5.74) is 0.650. The summed E-state index contributed by atoms with van der Waals surface area (Å²) in [7, 11) is 0. The van der Waals surface area contributed by atoms with Gasteiger partial charge in [0.25, 0.3) is 5.91 Å². The van der Waals surface area contributed by atoms with E-state index in [-0.39, 0.29) is 11.4 Å². The fourth-order valence-electron chi connectivity index (χ4n) is 2.99. The van der Waals surface area contributed by atoms with Crippen LogP contribution in [0, 0.1) is 13.8 Å². The number of rotatable bonds is 6. The minimum Gasteiger partial charge on any atom is -0.467 e. The van der Waals surface area contributed by atoms with Crippen molar-refractivity contribution in [2.24, 2.45) is 0 Å². The van der Waals surface area contributed by atoms with Crippen LogP contribution in [0.15, 0.2) is 41.1 Å². The van der Waals surface area contributed by atoms with Crippen LogP contribution in [0.2, 0.25) is 5.02 Å². The number of furan rings is 1. The van der Waals surface area contributed by atoms with E-state index in [1.807, 2.05) is 17.6 Å². The molecule has 3 heterocycles. The number of hydrogen-bond donors (Lipinski definition) is 1. The Morgan fingerprint density at radius 2 is 2.03 bits per heavy atom. The van der Waals surface area contributed by atoms with Gasteiger partial charge in [-0.25, -0.2) is 9.78 Å². The number of hydrogen-bond acceptors (Lipinski definition) is 5. The average Bonchev–Trinajstić information content (AvgIpc) is 3.32. The summed E-state index contributed by atoms with van der Waals surface area (Å²) >= 11 is 5.79. The van der Waals surface area contributed by atoms with Gasteiger partial charge in [0.2, 0.25) is 0 Å². The highest BCUT2D eigenvalue weighted by Gasteiger charge is 2.32. The molecule has 11 heteroatoms. The van der Waals surface area contributed by atoms with Gasteiger partial charge < -0.3 is 19.0 Å². The lowest BCUT2D eigenvalue weighted by molar-refractivity contribution is -0.137. The van der Waals surface area contributed by atoms with Crippen LogP contribution in [0.1, 0.15) is 40.0 Å². The largest absolute Gasteiger partial charge is 0.467 e. The van der Waals surface area contributed by atoms with Gasteiger partial charge in [-0.2, -0.15) is 13.2 Å². The molecule has 170 valence electrons. The molecule has 0 aliphatic heterocycles. The van der Waals surface area contributed by atoms with Crippen LogP contribution in [-0.4, -0.2) is 27.5 Å². The van der Waals surface area contributed by atoms with Crippen LogP contribution in [0.3, 0.4) is 0 Å². The zero-order chi connectivity index (χ0) is 23.6. The van der Waals surface area contributed by atoms with E-state index in [1.54, 1.807) is 25.3 Å². The predicted octanol–water partition coefficient (Wildman–Crippen LogP) is 5.00. The molecule has 3 aromatic rings. The standard InChI is InChI=1S/C21H19ClF3N3O4/c1-11-7-16(12(2)28(11)10-15-5-4-6-31-15)20(30)32-13(3)19(29)27-18-17(22)8-14(9-26-18)21(23,24)25/h4-9,13H,10H2,1-3H3,(H,26,27,29)/t13-/m0/s1. The zero-order valence-corrected chi connectivity index (χ0v) is 18.0. The predicted molar refractivity (Wildman–Crippen MR) is 109 cm³/mol. The van der Waals surface area contributed by atoms with Crippen molar-refractivity contribution < 1.29 is 31.9 Å². The van der Waals surface area contributed by atoms with Crippen molar-refractivity contribution in [3.05, 3.63) is 70.0 Å². The first kappa shape index (κ1) is 23.4. The summed E-state index contributed by atoms with van der Waals surface area (Å²) in [5.74, 6) is -1.08. The first-order chi connectivity index (χ1) is 15.0. The zero-order valence-electron chi connectivity index (χ0n) is 17.3. The molecule has 0 fully saturated rings. The second-order valence-electron chi connectivity index (χ2n) is 7.04. The third kappa shape index (κ3) is 5.13. The Kier molecular flexibility index (Phi) is 6.63. The number of nitrogens with one attached hydrogen (secondary N) is 1. The fraction of sp³-hybridized carbons (Fsp3) is 0.286. The van der Waals surface area contributed by atoms with E-state index in [9.17, 15) is 22.8 Å². The maximum absolute atomic E-state index is 12.7. The number of pyridine rings is 1. The smallest absolute Gasteiger partial charge is 0.417 e. The minimum atomic E-state index is -4.62. The summed E-state index contributed by atoms with van der Waals surface area (Å²) in [4.78, 5) is 28.5. The Hall–Kier alpha value is -3.27. The third-order valence-electron chi connectivity index (χ3n) is 4.75. The van der Waals surface area contributed by atoms with Crippen LogP contribution in [0.4, 0.5) is 19.0 Å². The van der Waals surface area contributed by atoms with Crippen molar-refractivity contribution in [3.63, 3.8) is 0 Å². The van der Waals surface area contributed by atoms with E-state index in [2.05, 4.69) is 10.3 Å². The van der Waals surface area contributed by atoms with Crippen molar-refractivity contribution >= 4 is 29.3 Å². The van der Waals surface area contributed by atoms with E-state index in [0.717, 1.165) is 5.69 Å². The molecule has 0 aromatic carbocycles. The molecule has 0 spiro atoms. The molecule has 0 aliphatic rings. The molecular weight excluding hydrogens is 451 g/mol. The van der Waals surface area contributed by atoms with Crippen LogP contribution >= 0.6 is 11.6 Å². The molecule has 32 heavy (non-hydrogen) atoms. The van der Waals surface area contributed by atoms with Crippen molar-refractivity contribution in [3.8, 4) is 0 Å². The number of esters is 1. The number of carbonyl (C=O) groups excluding carboxylic acids is 2. The molecule has 3 aromatic heterocycles. The van der Waals surface area contributed by atoms with Gasteiger partial charge in [-0.3, -0.25) is 4.79 Å². The maximum atomic E-state index is 12.7. The Bertz CT molecular complexity index is 1140. The van der Waals surface area contributed by atoms with Crippen LogP contribution in [-0.2, 0) is 22.3 Å². The highest BCUT2D eigenvalue weighted by molar-refractivity contribution is 6.33. The number of ether oxygens (including phenoxy) is 1. The van der Waals surface area contributed by atoms with Gasteiger partial charge in [0.15, 0.2) is 11.9 Å². The molecule has 0 saturated carbocycles. The summed E-state index contributed by atoms with van der Waals surface area (Å²) < 4.78 is 50.6. The lowest BCUT2D eigenvalue weighted by Crippen LogP contribution is -2.30. The van der Waals surface area contributed by atoms with Gasteiger partial charge in [-0.05, 0) is 45.0 Å². The molecular formula is C21H19ClF3N3O4. The summed E-state index contributed by atoms with van der Waals surface area (Å²) in [5, 5.41) is 1.87. The van der Waals surface area contributed by atoms with Gasteiger partial charge in [0.1, 0.15) is 5.76 Å². The molecule has 0 bridgehead atoms. The topological polar surface area (TPSA) is 86.4 Å². The molecule has 7 nitrogen and oxygen atoms in total.